The molecule has 0 aromatic heterocycles. The van der Waals surface area contributed by atoms with Crippen LogP contribution in [0.1, 0.15) is 49.9 Å². The number of hydrogen-bond acceptors (Lipinski definition) is 2. The highest BCUT2D eigenvalue weighted by Crippen LogP contribution is 2.94. The zero-order chi connectivity index (χ0) is 21.3. The molecule has 4 heteroatoms. The molecule has 5 rings (SSSR count). The zero-order valence-corrected chi connectivity index (χ0v) is 19.9. The van der Waals surface area contributed by atoms with E-state index in [-0.39, 0.29) is 0 Å². The summed E-state index contributed by atoms with van der Waals surface area (Å²) >= 11 is 0. The standard InChI is InChI=1S/C26H28O2P2/c1-5-17-11-9-12-18(6-2)23(17)29(27)21-15-16-22(29)26-25(21)30(26,28)24-19(7-3)13-10-14-20(24)8-4/h9-16H,5-8H2,1-4H3. The molecule has 0 atom stereocenters. The second kappa shape index (κ2) is 6.81. The van der Waals surface area contributed by atoms with Crippen molar-refractivity contribution in [3.8, 4) is 0 Å². The van der Waals surface area contributed by atoms with Crippen molar-refractivity contribution in [2.24, 2.45) is 0 Å². The van der Waals surface area contributed by atoms with E-state index < -0.39 is 14.3 Å². The molecule has 2 aromatic rings. The van der Waals surface area contributed by atoms with Gasteiger partial charge in [-0.3, -0.25) is 0 Å². The smallest absolute Gasteiger partial charge is 0.174 e. The lowest BCUT2D eigenvalue weighted by atomic mass is 10.1. The molecule has 0 unspecified atom stereocenters. The van der Waals surface area contributed by atoms with Crippen LogP contribution in [0.4, 0.5) is 0 Å². The van der Waals surface area contributed by atoms with E-state index in [0.29, 0.717) is 0 Å². The van der Waals surface area contributed by atoms with E-state index in [2.05, 4.69) is 64.1 Å². The Morgan fingerprint density at radius 2 is 0.900 bits per heavy atom. The van der Waals surface area contributed by atoms with Gasteiger partial charge in [-0.15, -0.1) is 0 Å². The van der Waals surface area contributed by atoms with Gasteiger partial charge in [-0.2, -0.15) is 0 Å². The Bertz CT molecular complexity index is 1200. The molecule has 2 bridgehead atoms. The van der Waals surface area contributed by atoms with Gasteiger partial charge < -0.3 is 9.13 Å². The highest BCUT2D eigenvalue weighted by atomic mass is 31.2. The van der Waals surface area contributed by atoms with Crippen LogP contribution in [0.3, 0.4) is 0 Å². The van der Waals surface area contributed by atoms with E-state index in [4.69, 9.17) is 0 Å². The number of allylic oxidation sites excluding steroid dienone is 6. The van der Waals surface area contributed by atoms with Crippen LogP contribution in [0, 0.1) is 0 Å². The summed E-state index contributed by atoms with van der Waals surface area (Å²) < 4.78 is 29.1. The average Bonchev–Trinajstić information content (AvgIpc) is 3.17. The largest absolute Gasteiger partial charge is 0.309 e. The monoisotopic (exact) mass is 434 g/mol. The average molecular weight is 434 g/mol. The molecule has 0 radical (unpaired) electrons. The zero-order valence-electron chi connectivity index (χ0n) is 18.2. The minimum absolute atomic E-state index is 0.856. The number of benzene rings is 2. The third-order valence-electron chi connectivity index (χ3n) is 6.93. The SMILES string of the molecule is CCc1cccc(CC)c1P1(=O)C2=C3C(=C1C=C2)P3(=O)c1c(CC)cccc1CC. The molecule has 1 saturated heterocycles. The minimum Gasteiger partial charge on any atom is -0.309 e. The molecule has 0 saturated carbocycles. The molecule has 0 spiro atoms. The molecule has 0 N–H and O–H groups in total. The summed E-state index contributed by atoms with van der Waals surface area (Å²) in [4.78, 5) is 0. The van der Waals surface area contributed by atoms with Gasteiger partial charge in [-0.25, -0.2) is 0 Å². The third kappa shape index (κ3) is 2.27. The lowest BCUT2D eigenvalue weighted by Crippen LogP contribution is -2.17. The summed E-state index contributed by atoms with van der Waals surface area (Å²) in [7, 11) is -5.64. The van der Waals surface area contributed by atoms with E-state index >= 15 is 0 Å². The Hall–Kier alpha value is -1.88. The molecule has 2 nitrogen and oxygen atoms in total. The first-order chi connectivity index (χ1) is 14.5. The normalized spacial score (nSPS) is 19.6. The first kappa shape index (κ1) is 20.0. The first-order valence-electron chi connectivity index (χ1n) is 11.1. The van der Waals surface area contributed by atoms with Crippen molar-refractivity contribution < 1.29 is 9.13 Å². The van der Waals surface area contributed by atoms with Crippen LogP contribution >= 0.6 is 14.3 Å². The van der Waals surface area contributed by atoms with E-state index in [1.807, 2.05) is 12.2 Å². The molecule has 3 aliphatic heterocycles. The molecule has 3 aliphatic rings. The molecular weight excluding hydrogens is 406 g/mol. The molecule has 0 aliphatic carbocycles. The van der Waals surface area contributed by atoms with Crippen LogP contribution in [-0.4, -0.2) is 0 Å². The van der Waals surface area contributed by atoms with E-state index in [1.165, 1.54) is 11.1 Å². The van der Waals surface area contributed by atoms with Crippen LogP contribution in [0.2, 0.25) is 0 Å². The fourth-order valence-electron chi connectivity index (χ4n) is 5.45. The number of fused-ring (bicyclic) bond motifs is 3. The van der Waals surface area contributed by atoms with Crippen LogP contribution in [0.5, 0.6) is 0 Å². The Labute approximate surface area is 179 Å². The second-order valence-electron chi connectivity index (χ2n) is 8.28. The maximum absolute atomic E-state index is 14.7. The Morgan fingerprint density at radius 3 is 1.23 bits per heavy atom. The van der Waals surface area contributed by atoms with Crippen molar-refractivity contribution >= 4 is 24.9 Å². The van der Waals surface area contributed by atoms with E-state index in [1.54, 1.807) is 0 Å². The predicted molar refractivity (Wildman–Crippen MR) is 128 cm³/mol. The third-order valence-corrected chi connectivity index (χ3v) is 13.8. The first-order valence-corrected chi connectivity index (χ1v) is 14.5. The summed E-state index contributed by atoms with van der Waals surface area (Å²) in [5, 5.41) is 5.62. The van der Waals surface area contributed by atoms with Crippen molar-refractivity contribution in [1.82, 2.24) is 0 Å². The molecule has 2 aromatic carbocycles. The van der Waals surface area contributed by atoms with Gasteiger partial charge in [-0.05, 0) is 60.1 Å². The summed E-state index contributed by atoms with van der Waals surface area (Å²) in [6, 6.07) is 12.6. The van der Waals surface area contributed by atoms with Gasteiger partial charge in [0.1, 0.15) is 0 Å². The lowest BCUT2D eigenvalue weighted by molar-refractivity contribution is 0.588. The van der Waals surface area contributed by atoms with E-state index in [0.717, 1.165) is 68.7 Å². The fraction of sp³-hybridized carbons (Fsp3) is 0.308. The highest BCUT2D eigenvalue weighted by molar-refractivity contribution is 7.94. The maximum atomic E-state index is 14.7. The van der Waals surface area contributed by atoms with E-state index in [9.17, 15) is 9.13 Å². The van der Waals surface area contributed by atoms with Gasteiger partial charge in [0.15, 0.2) is 14.3 Å². The molecule has 0 amide bonds. The summed E-state index contributed by atoms with van der Waals surface area (Å²) in [6.45, 7) is 8.51. The molecule has 1 fully saturated rings. The van der Waals surface area contributed by atoms with Crippen molar-refractivity contribution in [3.05, 3.63) is 92.1 Å². The van der Waals surface area contributed by atoms with Gasteiger partial charge in [0, 0.05) is 31.9 Å². The molecule has 154 valence electrons. The quantitative estimate of drug-likeness (QED) is 0.478. The van der Waals surface area contributed by atoms with Crippen LogP contribution < -0.4 is 10.6 Å². The lowest BCUT2D eigenvalue weighted by Gasteiger charge is -2.22. The Morgan fingerprint density at radius 1 is 0.567 bits per heavy atom. The van der Waals surface area contributed by atoms with Gasteiger partial charge in [0.25, 0.3) is 0 Å². The minimum atomic E-state index is -2.88. The van der Waals surface area contributed by atoms with Crippen LogP contribution in [0.15, 0.2) is 69.8 Å². The van der Waals surface area contributed by atoms with Gasteiger partial charge >= 0.3 is 0 Å². The molecular formula is C26H28O2P2. The summed E-state index contributed by atoms with van der Waals surface area (Å²) in [5.41, 5.74) is 4.67. The summed E-state index contributed by atoms with van der Waals surface area (Å²) in [6.07, 6.45) is 7.44. The van der Waals surface area contributed by atoms with Gasteiger partial charge in [-0.1, -0.05) is 64.1 Å². The Kier molecular flexibility index (Phi) is 4.55. The number of hydrogen-bond donors (Lipinski definition) is 0. The van der Waals surface area contributed by atoms with Crippen molar-refractivity contribution in [2.75, 3.05) is 0 Å². The Balaban J connectivity index is 1.75. The highest BCUT2D eigenvalue weighted by Gasteiger charge is 2.66. The topological polar surface area (TPSA) is 34.1 Å². The molecule has 30 heavy (non-hydrogen) atoms. The van der Waals surface area contributed by atoms with Gasteiger partial charge in [0.05, 0.1) is 0 Å². The number of rotatable bonds is 6. The predicted octanol–water partition coefficient (Wildman–Crippen LogP) is 6.63. The molecule has 3 heterocycles. The van der Waals surface area contributed by atoms with Crippen molar-refractivity contribution in [1.29, 1.82) is 0 Å². The van der Waals surface area contributed by atoms with Crippen molar-refractivity contribution in [2.45, 2.75) is 53.4 Å². The van der Waals surface area contributed by atoms with Gasteiger partial charge in [0.2, 0.25) is 0 Å². The van der Waals surface area contributed by atoms with Crippen LogP contribution in [0.25, 0.3) is 0 Å². The second-order valence-corrected chi connectivity index (χ2v) is 13.5. The van der Waals surface area contributed by atoms with Crippen LogP contribution in [-0.2, 0) is 34.8 Å². The van der Waals surface area contributed by atoms with Crippen molar-refractivity contribution in [3.63, 3.8) is 0 Å². The number of aryl methyl sites for hydroxylation is 4. The summed E-state index contributed by atoms with van der Waals surface area (Å²) in [5.74, 6) is 0. The fourth-order valence-corrected chi connectivity index (χ4v) is 14.2. The maximum Gasteiger partial charge on any atom is 0.174 e.